The zero-order chi connectivity index (χ0) is 10.1. The van der Waals surface area contributed by atoms with Crippen LogP contribution in [0.3, 0.4) is 0 Å². The summed E-state index contributed by atoms with van der Waals surface area (Å²) in [5.41, 5.74) is 1.11. The zero-order valence-electron chi connectivity index (χ0n) is 9.31. The molecule has 0 amide bonds. The number of rotatable bonds is 1. The quantitative estimate of drug-likeness (QED) is 0.600. The molecule has 80 valence electrons. The van der Waals surface area contributed by atoms with Gasteiger partial charge in [-0.1, -0.05) is 0 Å². The van der Waals surface area contributed by atoms with E-state index in [2.05, 4.69) is 33.8 Å². The molecule has 1 heterocycles. The summed E-state index contributed by atoms with van der Waals surface area (Å²) >= 11 is 0. The van der Waals surface area contributed by atoms with Gasteiger partial charge in [0.1, 0.15) is 0 Å². The summed E-state index contributed by atoms with van der Waals surface area (Å²) in [5, 5.41) is 0. The minimum absolute atomic E-state index is 0.401. The topological polar surface area (TPSA) is 0 Å². The molecular formula is C8H23P5. The van der Waals surface area contributed by atoms with Crippen molar-refractivity contribution in [3.63, 3.8) is 0 Å². The van der Waals surface area contributed by atoms with Crippen molar-refractivity contribution in [2.75, 3.05) is 26.2 Å². The van der Waals surface area contributed by atoms with Crippen LogP contribution in [0.2, 0.25) is 0 Å². The van der Waals surface area contributed by atoms with Gasteiger partial charge in [0.05, 0.1) is 0 Å². The monoisotopic (exact) mass is 274 g/mol. The Morgan fingerprint density at radius 1 is 1.38 bits per heavy atom. The van der Waals surface area contributed by atoms with Crippen LogP contribution in [-0.4, -0.2) is 31.8 Å². The third kappa shape index (κ3) is 3.58. The van der Waals surface area contributed by atoms with Crippen LogP contribution in [0.5, 0.6) is 0 Å². The standard InChI is InChI=1S/C8H23P5/c1-7(2)8-6-9-10-11-13(4,5)12(8)3/h7-11,13H,6H2,1-5H3. The summed E-state index contributed by atoms with van der Waals surface area (Å²) in [4.78, 5) is 0. The van der Waals surface area contributed by atoms with Crippen molar-refractivity contribution in [2.45, 2.75) is 19.5 Å². The predicted molar refractivity (Wildman–Crippen MR) is 81.4 cm³/mol. The Morgan fingerprint density at radius 3 is 2.54 bits per heavy atom. The molecule has 0 bridgehead atoms. The average Bonchev–Trinajstić information content (AvgIpc) is 2.13. The average molecular weight is 274 g/mol. The fourth-order valence-corrected chi connectivity index (χ4v) is 41.0. The molecule has 1 fully saturated rings. The Balaban J connectivity index is 2.73. The maximum absolute atomic E-state index is 2.65. The maximum atomic E-state index is 2.65. The van der Waals surface area contributed by atoms with Crippen molar-refractivity contribution in [2.24, 2.45) is 5.92 Å². The fourth-order valence-electron chi connectivity index (χ4n) is 1.68. The van der Waals surface area contributed by atoms with Crippen LogP contribution in [0.25, 0.3) is 0 Å². The zero-order valence-corrected chi connectivity index (χ0v) is 14.2. The van der Waals surface area contributed by atoms with Gasteiger partial charge in [0, 0.05) is 0 Å². The number of hydrogen-bond donors (Lipinski definition) is 0. The van der Waals surface area contributed by atoms with Crippen LogP contribution < -0.4 is 0 Å². The van der Waals surface area contributed by atoms with Crippen LogP contribution in [0.4, 0.5) is 0 Å². The Hall–Kier alpha value is 2.15. The molecule has 5 unspecified atom stereocenters. The van der Waals surface area contributed by atoms with Gasteiger partial charge in [-0.05, 0) is 0 Å². The van der Waals surface area contributed by atoms with Crippen molar-refractivity contribution in [1.82, 2.24) is 0 Å². The van der Waals surface area contributed by atoms with Gasteiger partial charge in [-0.3, -0.25) is 0 Å². The fraction of sp³-hybridized carbons (Fsp3) is 1.00. The molecule has 5 heteroatoms. The van der Waals surface area contributed by atoms with Crippen LogP contribution in [0.15, 0.2) is 0 Å². The molecule has 1 aliphatic heterocycles. The summed E-state index contributed by atoms with van der Waals surface area (Å²) < 4.78 is 0. The van der Waals surface area contributed by atoms with Crippen LogP contribution >= 0.6 is 38.4 Å². The van der Waals surface area contributed by atoms with Crippen LogP contribution in [-0.2, 0) is 0 Å². The first kappa shape index (κ1) is 13.2. The van der Waals surface area contributed by atoms with Crippen molar-refractivity contribution in [3.05, 3.63) is 0 Å². The van der Waals surface area contributed by atoms with Crippen LogP contribution in [0, 0.1) is 5.92 Å². The summed E-state index contributed by atoms with van der Waals surface area (Å²) in [6, 6.07) is 0. The molecule has 13 heavy (non-hydrogen) atoms. The van der Waals surface area contributed by atoms with Crippen molar-refractivity contribution >= 4 is 38.4 Å². The normalized spacial score (nSPS) is 42.6. The third-order valence-corrected chi connectivity index (χ3v) is 35.8. The molecule has 1 saturated heterocycles. The Kier molecular flexibility index (Phi) is 5.56. The molecule has 0 aliphatic carbocycles. The molecule has 0 aromatic carbocycles. The molecule has 0 aromatic heterocycles. The second-order valence-electron chi connectivity index (χ2n) is 4.61. The molecule has 5 atom stereocenters. The van der Waals surface area contributed by atoms with Crippen molar-refractivity contribution in [1.29, 1.82) is 0 Å². The number of hydrogen-bond acceptors (Lipinski definition) is 0. The Morgan fingerprint density at radius 2 is 2.00 bits per heavy atom. The third-order valence-electron chi connectivity index (χ3n) is 2.92. The molecule has 0 spiro atoms. The summed E-state index contributed by atoms with van der Waals surface area (Å²) in [5.74, 6) is 0.947. The first-order valence-electron chi connectivity index (χ1n) is 4.93. The Labute approximate surface area is 90.2 Å². The SMILES string of the molecule is CC(C)C1CPPP[PH](C)(C)P1C. The Bertz CT molecular complexity index is 168. The first-order chi connectivity index (χ1) is 5.95. The van der Waals surface area contributed by atoms with E-state index in [9.17, 15) is 0 Å². The summed E-state index contributed by atoms with van der Waals surface area (Å²) in [7, 11) is 4.44. The van der Waals surface area contributed by atoms with Gasteiger partial charge in [-0.25, -0.2) is 0 Å². The molecule has 0 aromatic rings. The molecular weight excluding hydrogens is 251 g/mol. The molecule has 0 saturated carbocycles. The predicted octanol–water partition coefficient (Wildman–Crippen LogP) is 4.84. The van der Waals surface area contributed by atoms with Crippen molar-refractivity contribution in [3.8, 4) is 0 Å². The van der Waals surface area contributed by atoms with Crippen LogP contribution in [0.1, 0.15) is 13.8 Å². The van der Waals surface area contributed by atoms with E-state index >= 15 is 0 Å². The van der Waals surface area contributed by atoms with E-state index in [1.807, 2.05) is 0 Å². The van der Waals surface area contributed by atoms with Gasteiger partial charge in [0.25, 0.3) is 0 Å². The van der Waals surface area contributed by atoms with Gasteiger partial charge < -0.3 is 0 Å². The van der Waals surface area contributed by atoms with E-state index in [1.165, 1.54) is 24.2 Å². The van der Waals surface area contributed by atoms with E-state index in [1.54, 1.807) is 6.16 Å². The van der Waals surface area contributed by atoms with Gasteiger partial charge >= 0.3 is 90.0 Å². The van der Waals surface area contributed by atoms with Gasteiger partial charge in [-0.2, -0.15) is 0 Å². The molecule has 0 nitrogen and oxygen atoms in total. The molecule has 1 aliphatic rings. The first-order valence-corrected chi connectivity index (χ1v) is 16.8. The van der Waals surface area contributed by atoms with E-state index < -0.39 is 6.64 Å². The summed E-state index contributed by atoms with van der Waals surface area (Å²) in [6.45, 7) is 12.0. The molecule has 1 rings (SSSR count). The second kappa shape index (κ2) is 5.47. The van der Waals surface area contributed by atoms with E-state index in [-0.39, 0.29) is 0 Å². The second-order valence-corrected chi connectivity index (χ2v) is 28.4. The van der Waals surface area contributed by atoms with E-state index in [0.29, 0.717) is 7.61 Å². The van der Waals surface area contributed by atoms with Gasteiger partial charge in [0.2, 0.25) is 0 Å². The molecule has 0 radical (unpaired) electrons. The van der Waals surface area contributed by atoms with Crippen molar-refractivity contribution < 1.29 is 0 Å². The van der Waals surface area contributed by atoms with Gasteiger partial charge in [0.15, 0.2) is 0 Å². The van der Waals surface area contributed by atoms with E-state index in [0.717, 1.165) is 11.6 Å². The summed E-state index contributed by atoms with van der Waals surface area (Å²) in [6.07, 6.45) is 1.57. The van der Waals surface area contributed by atoms with Gasteiger partial charge in [-0.15, -0.1) is 0 Å². The van der Waals surface area contributed by atoms with E-state index in [4.69, 9.17) is 0 Å². The molecule has 0 N–H and O–H groups in total. The minimum atomic E-state index is -0.758.